The van der Waals surface area contributed by atoms with Crippen molar-refractivity contribution in [3.8, 4) is 5.88 Å². The SMILES string of the molecule is Cc1cccc(N2CCN(C(=O)c3cc(OCc4ccccc4)no3)CC2)c1. The lowest BCUT2D eigenvalue weighted by molar-refractivity contribution is 0.0704. The van der Waals surface area contributed by atoms with Gasteiger partial charge in [0, 0.05) is 31.9 Å². The third-order valence-corrected chi connectivity index (χ3v) is 4.86. The predicted molar refractivity (Wildman–Crippen MR) is 107 cm³/mol. The molecule has 1 aliphatic heterocycles. The monoisotopic (exact) mass is 377 g/mol. The van der Waals surface area contributed by atoms with Crippen molar-refractivity contribution in [3.05, 3.63) is 77.6 Å². The van der Waals surface area contributed by atoms with Gasteiger partial charge in [0.05, 0.1) is 6.07 Å². The number of aromatic nitrogens is 1. The molecule has 0 atom stereocenters. The second-order valence-corrected chi connectivity index (χ2v) is 6.92. The highest BCUT2D eigenvalue weighted by molar-refractivity contribution is 5.91. The maximum atomic E-state index is 12.7. The van der Waals surface area contributed by atoms with Crippen molar-refractivity contribution in [1.82, 2.24) is 10.1 Å². The molecule has 1 aliphatic rings. The number of hydrogen-bond acceptors (Lipinski definition) is 5. The molecule has 1 aromatic heterocycles. The minimum atomic E-state index is -0.147. The fourth-order valence-electron chi connectivity index (χ4n) is 3.31. The lowest BCUT2D eigenvalue weighted by Gasteiger charge is -2.35. The number of carbonyl (C=O) groups excluding carboxylic acids is 1. The van der Waals surface area contributed by atoms with Crippen molar-refractivity contribution in [2.45, 2.75) is 13.5 Å². The van der Waals surface area contributed by atoms with Crippen molar-refractivity contribution >= 4 is 11.6 Å². The predicted octanol–water partition coefficient (Wildman–Crippen LogP) is 3.52. The summed E-state index contributed by atoms with van der Waals surface area (Å²) in [6.45, 7) is 5.35. The van der Waals surface area contributed by atoms with E-state index in [-0.39, 0.29) is 11.7 Å². The number of aryl methyl sites for hydroxylation is 1. The Morgan fingerprint density at radius 3 is 2.57 bits per heavy atom. The third-order valence-electron chi connectivity index (χ3n) is 4.86. The van der Waals surface area contributed by atoms with E-state index in [9.17, 15) is 4.79 Å². The van der Waals surface area contributed by atoms with E-state index in [2.05, 4.69) is 41.2 Å². The van der Waals surface area contributed by atoms with Crippen LogP contribution in [0, 0.1) is 6.92 Å². The van der Waals surface area contributed by atoms with Gasteiger partial charge < -0.3 is 19.1 Å². The molecule has 0 bridgehead atoms. The molecular formula is C22H23N3O3. The molecule has 0 saturated carbocycles. The van der Waals surface area contributed by atoms with Crippen LogP contribution in [0.25, 0.3) is 0 Å². The van der Waals surface area contributed by atoms with Gasteiger partial charge in [-0.25, -0.2) is 0 Å². The molecule has 0 unspecified atom stereocenters. The van der Waals surface area contributed by atoms with E-state index >= 15 is 0 Å². The molecule has 0 N–H and O–H groups in total. The van der Waals surface area contributed by atoms with Gasteiger partial charge in [0.2, 0.25) is 5.76 Å². The van der Waals surface area contributed by atoms with E-state index in [4.69, 9.17) is 9.26 Å². The first-order valence-electron chi connectivity index (χ1n) is 9.43. The van der Waals surface area contributed by atoms with E-state index in [0.717, 1.165) is 18.7 Å². The van der Waals surface area contributed by atoms with Crippen molar-refractivity contribution < 1.29 is 14.1 Å². The average Bonchev–Trinajstić information content (AvgIpc) is 3.22. The van der Waals surface area contributed by atoms with Crippen LogP contribution in [0.4, 0.5) is 5.69 Å². The molecule has 1 saturated heterocycles. The zero-order chi connectivity index (χ0) is 19.3. The van der Waals surface area contributed by atoms with Gasteiger partial charge in [-0.2, -0.15) is 0 Å². The summed E-state index contributed by atoms with van der Waals surface area (Å²) in [5.74, 6) is 0.392. The molecule has 4 rings (SSSR count). The van der Waals surface area contributed by atoms with Gasteiger partial charge in [-0.3, -0.25) is 4.79 Å². The summed E-state index contributed by atoms with van der Waals surface area (Å²) in [5.41, 5.74) is 3.47. The van der Waals surface area contributed by atoms with Crippen LogP contribution in [0.5, 0.6) is 5.88 Å². The molecule has 2 aromatic carbocycles. The molecule has 0 aliphatic carbocycles. The number of rotatable bonds is 5. The molecule has 3 aromatic rings. The second kappa shape index (κ2) is 8.17. The maximum absolute atomic E-state index is 12.7. The van der Waals surface area contributed by atoms with Crippen molar-refractivity contribution in [1.29, 1.82) is 0 Å². The summed E-state index contributed by atoms with van der Waals surface area (Å²) in [7, 11) is 0. The Bertz CT molecular complexity index is 931. The Labute approximate surface area is 164 Å². The second-order valence-electron chi connectivity index (χ2n) is 6.92. The van der Waals surface area contributed by atoms with E-state index in [1.165, 1.54) is 11.3 Å². The zero-order valence-corrected chi connectivity index (χ0v) is 15.9. The number of nitrogens with zero attached hydrogens (tertiary/aromatic N) is 3. The highest BCUT2D eigenvalue weighted by atomic mass is 16.5. The summed E-state index contributed by atoms with van der Waals surface area (Å²) in [4.78, 5) is 16.8. The van der Waals surface area contributed by atoms with Crippen LogP contribution in [0.15, 0.2) is 65.2 Å². The molecule has 0 radical (unpaired) electrons. The standard InChI is InChI=1S/C22H23N3O3/c1-17-6-5-9-19(14-17)24-10-12-25(13-11-24)22(26)20-15-21(23-28-20)27-16-18-7-3-2-4-8-18/h2-9,14-15H,10-13,16H2,1H3. The Morgan fingerprint density at radius 2 is 1.82 bits per heavy atom. The molecule has 1 amide bonds. The first-order valence-corrected chi connectivity index (χ1v) is 9.43. The zero-order valence-electron chi connectivity index (χ0n) is 15.9. The largest absolute Gasteiger partial charge is 0.471 e. The molecule has 6 nitrogen and oxygen atoms in total. The Hall–Kier alpha value is -3.28. The van der Waals surface area contributed by atoms with Crippen LogP contribution >= 0.6 is 0 Å². The lowest BCUT2D eigenvalue weighted by Crippen LogP contribution is -2.48. The number of amides is 1. The minimum absolute atomic E-state index is 0.147. The van der Waals surface area contributed by atoms with Crippen LogP contribution in [0.1, 0.15) is 21.7 Å². The van der Waals surface area contributed by atoms with Crippen LogP contribution in [-0.2, 0) is 6.61 Å². The molecule has 28 heavy (non-hydrogen) atoms. The third kappa shape index (κ3) is 4.17. The Balaban J connectivity index is 1.32. The van der Waals surface area contributed by atoms with E-state index < -0.39 is 0 Å². The molecule has 0 spiro atoms. The van der Waals surface area contributed by atoms with Crippen molar-refractivity contribution in [2.24, 2.45) is 0 Å². The van der Waals surface area contributed by atoms with Gasteiger partial charge in [-0.05, 0) is 35.3 Å². The van der Waals surface area contributed by atoms with Crippen molar-refractivity contribution in [2.75, 3.05) is 31.1 Å². The van der Waals surface area contributed by atoms with Crippen LogP contribution < -0.4 is 9.64 Å². The number of carbonyl (C=O) groups is 1. The average molecular weight is 377 g/mol. The smallest absolute Gasteiger partial charge is 0.292 e. The first-order chi connectivity index (χ1) is 13.7. The summed E-state index contributed by atoms with van der Waals surface area (Å²) in [6.07, 6.45) is 0. The summed E-state index contributed by atoms with van der Waals surface area (Å²) >= 11 is 0. The van der Waals surface area contributed by atoms with Crippen molar-refractivity contribution in [3.63, 3.8) is 0 Å². The van der Waals surface area contributed by atoms with Crippen LogP contribution in [0.3, 0.4) is 0 Å². The van der Waals surface area contributed by atoms with E-state index in [1.807, 2.05) is 30.3 Å². The highest BCUT2D eigenvalue weighted by Crippen LogP contribution is 2.20. The number of hydrogen-bond donors (Lipinski definition) is 0. The summed E-state index contributed by atoms with van der Waals surface area (Å²) in [5, 5.41) is 3.86. The molecule has 6 heteroatoms. The fourth-order valence-corrected chi connectivity index (χ4v) is 3.31. The summed E-state index contributed by atoms with van der Waals surface area (Å²) < 4.78 is 10.8. The van der Waals surface area contributed by atoms with Crippen LogP contribution in [-0.4, -0.2) is 42.1 Å². The molecular weight excluding hydrogens is 354 g/mol. The Morgan fingerprint density at radius 1 is 1.04 bits per heavy atom. The maximum Gasteiger partial charge on any atom is 0.292 e. The molecule has 144 valence electrons. The number of ether oxygens (including phenoxy) is 1. The van der Waals surface area contributed by atoms with Gasteiger partial charge >= 0.3 is 0 Å². The normalized spacial score (nSPS) is 14.2. The topological polar surface area (TPSA) is 58.8 Å². The van der Waals surface area contributed by atoms with Gasteiger partial charge in [0.15, 0.2) is 0 Å². The molecule has 1 fully saturated rings. The van der Waals surface area contributed by atoms with Gasteiger partial charge in [-0.15, -0.1) is 0 Å². The summed E-state index contributed by atoms with van der Waals surface area (Å²) in [6, 6.07) is 19.8. The quantitative estimate of drug-likeness (QED) is 0.681. The Kier molecular flexibility index (Phi) is 5.28. The highest BCUT2D eigenvalue weighted by Gasteiger charge is 2.25. The van der Waals surface area contributed by atoms with Gasteiger partial charge in [0.1, 0.15) is 6.61 Å². The number of piperazine rings is 1. The lowest BCUT2D eigenvalue weighted by atomic mass is 10.2. The van der Waals surface area contributed by atoms with E-state index in [1.54, 1.807) is 11.0 Å². The first kappa shape index (κ1) is 18.1. The molecule has 2 heterocycles. The number of anilines is 1. The van der Waals surface area contributed by atoms with Gasteiger partial charge in [0.25, 0.3) is 11.8 Å². The van der Waals surface area contributed by atoms with Crippen LogP contribution in [0.2, 0.25) is 0 Å². The number of benzene rings is 2. The minimum Gasteiger partial charge on any atom is -0.471 e. The fraction of sp³-hybridized carbons (Fsp3) is 0.273. The van der Waals surface area contributed by atoms with Gasteiger partial charge in [-0.1, -0.05) is 42.5 Å². The van der Waals surface area contributed by atoms with E-state index in [0.29, 0.717) is 25.6 Å².